The van der Waals surface area contributed by atoms with E-state index in [1.807, 2.05) is 6.07 Å². The number of carboxylic acid groups (broad SMARTS) is 1. The van der Waals surface area contributed by atoms with Gasteiger partial charge in [-0.25, -0.2) is 4.79 Å². The highest BCUT2D eigenvalue weighted by Gasteiger charge is 2.14. The Morgan fingerprint density at radius 3 is 2.72 bits per heavy atom. The average molecular weight is 244 g/mol. The maximum absolute atomic E-state index is 11.2. The van der Waals surface area contributed by atoms with Crippen LogP contribution < -0.4 is 0 Å². The Hall–Kier alpha value is -2.49. The smallest absolute Gasteiger partial charge is 0.339 e. The number of phenolic OH excluding ortho intramolecular Hbond substituents is 1. The summed E-state index contributed by atoms with van der Waals surface area (Å²) in [5.74, 6) is -0.982. The lowest BCUT2D eigenvalue weighted by Crippen LogP contribution is -2.01. The fourth-order valence-electron chi connectivity index (χ4n) is 1.84. The van der Waals surface area contributed by atoms with Crippen LogP contribution in [0.4, 0.5) is 0 Å². The minimum absolute atomic E-state index is 0.0497. The molecule has 2 rings (SSSR count). The van der Waals surface area contributed by atoms with Gasteiger partial charge >= 0.3 is 5.97 Å². The van der Waals surface area contributed by atoms with Gasteiger partial charge in [-0.05, 0) is 22.9 Å². The van der Waals surface area contributed by atoms with E-state index in [-0.39, 0.29) is 11.3 Å². The standard InChI is InChI=1S/C14H12O4/c1-18-8-13(14(16)17)11-4-2-3-9-5-6-10(15)7-12(9)11/h2-8,15H,1H3,(H,16,17)/b13-8+. The van der Waals surface area contributed by atoms with Gasteiger partial charge < -0.3 is 14.9 Å². The zero-order valence-electron chi connectivity index (χ0n) is 9.75. The van der Waals surface area contributed by atoms with Gasteiger partial charge in [0.1, 0.15) is 11.3 Å². The van der Waals surface area contributed by atoms with Crippen molar-refractivity contribution in [2.75, 3.05) is 7.11 Å². The molecule has 0 fully saturated rings. The first-order valence-corrected chi connectivity index (χ1v) is 5.32. The maximum atomic E-state index is 11.2. The Balaban J connectivity index is 2.73. The molecular formula is C14H12O4. The van der Waals surface area contributed by atoms with Crippen molar-refractivity contribution in [1.82, 2.24) is 0 Å². The third-order valence-electron chi connectivity index (χ3n) is 2.62. The van der Waals surface area contributed by atoms with Crippen LogP contribution in [-0.4, -0.2) is 23.3 Å². The van der Waals surface area contributed by atoms with Crippen molar-refractivity contribution < 1.29 is 19.7 Å². The average Bonchev–Trinajstić information content (AvgIpc) is 2.35. The van der Waals surface area contributed by atoms with Gasteiger partial charge in [-0.15, -0.1) is 0 Å². The Labute approximate surface area is 104 Å². The number of carbonyl (C=O) groups is 1. The molecule has 0 heterocycles. The van der Waals surface area contributed by atoms with Crippen molar-refractivity contribution in [3.05, 3.63) is 48.2 Å². The predicted molar refractivity (Wildman–Crippen MR) is 68.2 cm³/mol. The quantitative estimate of drug-likeness (QED) is 0.643. The highest BCUT2D eigenvalue weighted by Crippen LogP contribution is 2.28. The Morgan fingerprint density at radius 2 is 2.06 bits per heavy atom. The monoisotopic (exact) mass is 244 g/mol. The summed E-state index contributed by atoms with van der Waals surface area (Å²) in [6.07, 6.45) is 1.18. The third kappa shape index (κ3) is 2.13. The first kappa shape index (κ1) is 12.0. The number of aliphatic carboxylic acids is 1. The maximum Gasteiger partial charge on any atom is 0.339 e. The van der Waals surface area contributed by atoms with Crippen LogP contribution in [0, 0.1) is 0 Å². The van der Waals surface area contributed by atoms with Gasteiger partial charge in [-0.1, -0.05) is 24.3 Å². The lowest BCUT2D eigenvalue weighted by Gasteiger charge is -2.07. The number of benzene rings is 2. The molecule has 0 aliphatic heterocycles. The van der Waals surface area contributed by atoms with Crippen LogP contribution >= 0.6 is 0 Å². The summed E-state index contributed by atoms with van der Waals surface area (Å²) in [7, 11) is 1.39. The van der Waals surface area contributed by atoms with E-state index < -0.39 is 5.97 Å². The second-order valence-electron chi connectivity index (χ2n) is 3.78. The van der Waals surface area contributed by atoms with Crippen molar-refractivity contribution in [3.63, 3.8) is 0 Å². The molecule has 4 heteroatoms. The van der Waals surface area contributed by atoms with Crippen LogP contribution in [-0.2, 0) is 9.53 Å². The molecule has 2 aromatic carbocycles. The molecule has 0 aliphatic carbocycles. The van der Waals surface area contributed by atoms with Crippen molar-refractivity contribution in [3.8, 4) is 5.75 Å². The SMILES string of the molecule is CO/C=C(/C(=O)O)c1cccc2ccc(O)cc12. The molecule has 0 unspecified atom stereocenters. The summed E-state index contributed by atoms with van der Waals surface area (Å²) in [5, 5.41) is 20.2. The third-order valence-corrected chi connectivity index (χ3v) is 2.62. The van der Waals surface area contributed by atoms with Crippen molar-refractivity contribution in [1.29, 1.82) is 0 Å². The molecule has 4 nitrogen and oxygen atoms in total. The van der Waals surface area contributed by atoms with E-state index in [1.165, 1.54) is 19.4 Å². The van der Waals surface area contributed by atoms with E-state index in [0.29, 0.717) is 10.9 Å². The number of carboxylic acids is 1. The van der Waals surface area contributed by atoms with Crippen LogP contribution in [0.2, 0.25) is 0 Å². The van der Waals surface area contributed by atoms with Crippen LogP contribution in [0.5, 0.6) is 5.75 Å². The fourth-order valence-corrected chi connectivity index (χ4v) is 1.84. The molecule has 92 valence electrons. The van der Waals surface area contributed by atoms with Gasteiger partial charge in [0, 0.05) is 5.56 Å². The summed E-state index contributed by atoms with van der Waals surface area (Å²) >= 11 is 0. The highest BCUT2D eigenvalue weighted by atomic mass is 16.5. The number of fused-ring (bicyclic) bond motifs is 1. The molecule has 0 spiro atoms. The lowest BCUT2D eigenvalue weighted by molar-refractivity contribution is -0.130. The second-order valence-corrected chi connectivity index (χ2v) is 3.78. The summed E-state index contributed by atoms with van der Waals surface area (Å²) in [5.41, 5.74) is 0.562. The van der Waals surface area contributed by atoms with E-state index in [1.54, 1.807) is 24.3 Å². The van der Waals surface area contributed by atoms with E-state index >= 15 is 0 Å². The Morgan fingerprint density at radius 1 is 1.28 bits per heavy atom. The fraction of sp³-hybridized carbons (Fsp3) is 0.0714. The van der Waals surface area contributed by atoms with E-state index in [9.17, 15) is 15.0 Å². The van der Waals surface area contributed by atoms with Crippen LogP contribution in [0.25, 0.3) is 16.3 Å². The van der Waals surface area contributed by atoms with E-state index in [2.05, 4.69) is 0 Å². The van der Waals surface area contributed by atoms with Gasteiger partial charge in [0.25, 0.3) is 0 Å². The molecule has 0 radical (unpaired) electrons. The van der Waals surface area contributed by atoms with Crippen molar-refractivity contribution in [2.45, 2.75) is 0 Å². The van der Waals surface area contributed by atoms with Crippen LogP contribution in [0.15, 0.2) is 42.7 Å². The Bertz CT molecular complexity index is 629. The van der Waals surface area contributed by atoms with Gasteiger partial charge in [-0.3, -0.25) is 0 Å². The minimum Gasteiger partial charge on any atom is -0.508 e. The molecule has 0 aromatic heterocycles. The van der Waals surface area contributed by atoms with Gasteiger partial charge in [0.05, 0.1) is 13.4 Å². The first-order chi connectivity index (χ1) is 8.63. The molecule has 0 amide bonds. The molecule has 0 aliphatic rings. The van der Waals surface area contributed by atoms with Crippen LogP contribution in [0.3, 0.4) is 0 Å². The summed E-state index contributed by atoms with van der Waals surface area (Å²) < 4.78 is 4.79. The van der Waals surface area contributed by atoms with Gasteiger partial charge in [-0.2, -0.15) is 0 Å². The number of phenols is 1. The molecule has 2 aromatic rings. The van der Waals surface area contributed by atoms with E-state index in [4.69, 9.17) is 4.74 Å². The largest absolute Gasteiger partial charge is 0.508 e. The molecule has 0 bridgehead atoms. The topological polar surface area (TPSA) is 66.8 Å². The number of aromatic hydroxyl groups is 1. The predicted octanol–water partition coefficient (Wildman–Crippen LogP) is 2.62. The zero-order valence-corrected chi connectivity index (χ0v) is 9.75. The number of hydrogen-bond acceptors (Lipinski definition) is 3. The normalized spacial score (nSPS) is 11.5. The zero-order chi connectivity index (χ0) is 13.1. The number of methoxy groups -OCH3 is 1. The molecule has 0 saturated heterocycles. The summed E-state index contributed by atoms with van der Waals surface area (Å²) in [6.45, 7) is 0. The first-order valence-electron chi connectivity index (χ1n) is 5.32. The highest BCUT2D eigenvalue weighted by molar-refractivity contribution is 6.19. The van der Waals surface area contributed by atoms with Crippen molar-refractivity contribution in [2.24, 2.45) is 0 Å². The molecule has 2 N–H and O–H groups in total. The number of rotatable bonds is 3. The minimum atomic E-state index is -1.08. The number of ether oxygens (including phenoxy) is 1. The Kier molecular flexibility index (Phi) is 3.19. The summed E-state index contributed by atoms with van der Waals surface area (Å²) in [6, 6.07) is 10.1. The molecular weight excluding hydrogens is 232 g/mol. The molecule has 0 saturated carbocycles. The second kappa shape index (κ2) is 4.79. The number of hydrogen-bond donors (Lipinski definition) is 2. The van der Waals surface area contributed by atoms with E-state index in [0.717, 1.165) is 5.39 Å². The van der Waals surface area contributed by atoms with Crippen LogP contribution in [0.1, 0.15) is 5.56 Å². The lowest BCUT2D eigenvalue weighted by atomic mass is 9.99. The van der Waals surface area contributed by atoms with Gasteiger partial charge in [0.15, 0.2) is 0 Å². The molecule has 18 heavy (non-hydrogen) atoms. The molecule has 0 atom stereocenters. The van der Waals surface area contributed by atoms with Crippen molar-refractivity contribution >= 4 is 22.3 Å². The van der Waals surface area contributed by atoms with Gasteiger partial charge in [0.2, 0.25) is 0 Å². The summed E-state index contributed by atoms with van der Waals surface area (Å²) in [4.78, 5) is 11.2.